The standard InChI is InChI=1S/C25H23N7O4/c1-3-34-18-9-15(13-26)10-19(12-18)35-24-21-22(28-14-20(33)29-21)30-25(31-24)36-17-6-4-5-16(11-17)23-27-7-8-32(23)2/h4-6,9-12H,3,7-8,14H2,1-2H3,(H,29,33)(H,28,30,31). The van der Waals surface area contributed by atoms with Gasteiger partial charge in [0.1, 0.15) is 35.3 Å². The van der Waals surface area contributed by atoms with Crippen LogP contribution in [0.15, 0.2) is 69.0 Å². The first-order valence-electron chi connectivity index (χ1n) is 11.4. The number of nitrogens with zero attached hydrogens (tertiary/aromatic N) is 5. The number of ether oxygens (including phenoxy) is 3. The molecule has 0 aliphatic carbocycles. The van der Waals surface area contributed by atoms with E-state index in [-0.39, 0.29) is 30.1 Å². The molecule has 5 rings (SSSR count). The van der Waals surface area contributed by atoms with Crippen molar-refractivity contribution in [3.8, 4) is 23.3 Å². The van der Waals surface area contributed by atoms with Gasteiger partial charge in [0.25, 0.3) is 5.88 Å². The van der Waals surface area contributed by atoms with Crippen molar-refractivity contribution in [1.82, 2.24) is 15.5 Å². The van der Waals surface area contributed by atoms with Crippen molar-refractivity contribution in [2.45, 2.75) is 6.92 Å². The second kappa shape index (κ2) is 9.79. The number of hydrogen-bond donors (Lipinski definition) is 2. The first-order valence-corrected chi connectivity index (χ1v) is 11.4. The Morgan fingerprint density at radius 3 is 2.72 bits per heavy atom. The Morgan fingerprint density at radius 2 is 1.94 bits per heavy atom. The monoisotopic (exact) mass is 485 g/mol. The van der Waals surface area contributed by atoms with Crippen LogP contribution in [0.2, 0.25) is 0 Å². The van der Waals surface area contributed by atoms with Gasteiger partial charge in [-0.05, 0) is 31.2 Å². The fourth-order valence-corrected chi connectivity index (χ4v) is 3.84. The summed E-state index contributed by atoms with van der Waals surface area (Å²) >= 11 is 0. The van der Waals surface area contributed by atoms with Gasteiger partial charge >= 0.3 is 6.02 Å². The summed E-state index contributed by atoms with van der Waals surface area (Å²) in [4.78, 5) is 27.4. The normalized spacial score (nSPS) is 16.6. The van der Waals surface area contributed by atoms with Crippen LogP contribution >= 0.6 is 0 Å². The van der Waals surface area contributed by atoms with Crippen LogP contribution in [0.3, 0.4) is 0 Å². The van der Waals surface area contributed by atoms with Crippen molar-refractivity contribution in [2.75, 3.05) is 33.3 Å². The Labute approximate surface area is 207 Å². The van der Waals surface area contributed by atoms with E-state index in [1.165, 1.54) is 0 Å². The van der Waals surface area contributed by atoms with Gasteiger partial charge in [0.2, 0.25) is 5.91 Å². The van der Waals surface area contributed by atoms with Gasteiger partial charge in [0.15, 0.2) is 5.84 Å². The lowest BCUT2D eigenvalue weighted by molar-refractivity contribution is -0.119. The number of fused-ring (bicyclic) bond motifs is 1. The Hall–Kier alpha value is -4.85. The second-order valence-electron chi connectivity index (χ2n) is 8.03. The average molecular weight is 486 g/mol. The van der Waals surface area contributed by atoms with Crippen molar-refractivity contribution in [3.05, 3.63) is 65.2 Å². The Kier molecular flexibility index (Phi) is 6.23. The highest BCUT2D eigenvalue weighted by Crippen LogP contribution is 2.27. The number of carbonyl (C=O) groups is 1. The summed E-state index contributed by atoms with van der Waals surface area (Å²) in [6, 6.07) is 14.5. The third-order valence-corrected chi connectivity index (χ3v) is 5.42. The molecule has 3 heterocycles. The predicted molar refractivity (Wildman–Crippen MR) is 132 cm³/mol. The lowest BCUT2D eigenvalue weighted by atomic mass is 10.2. The SMILES string of the molecule is CCOc1cc(C#N)cc(OC2=C3NC(=O)CN=C3NC(Oc3cccc(C4=NCCN4C)c3)=N2)c1. The topological polar surface area (TPSA) is 133 Å². The Bertz CT molecular complexity index is 1390. The van der Waals surface area contributed by atoms with Gasteiger partial charge in [-0.25, -0.2) is 0 Å². The molecule has 11 nitrogen and oxygen atoms in total. The molecule has 11 heteroatoms. The number of carbonyl (C=O) groups excluding carboxylic acids is 1. The van der Waals surface area contributed by atoms with Crippen LogP contribution in [0.25, 0.3) is 0 Å². The number of aliphatic imine (C=N–C) groups is 3. The molecule has 0 spiro atoms. The zero-order chi connectivity index (χ0) is 25.1. The highest BCUT2D eigenvalue weighted by molar-refractivity contribution is 6.13. The molecular formula is C25H23N7O4. The van der Waals surface area contributed by atoms with Gasteiger partial charge in [-0.3, -0.25) is 20.1 Å². The summed E-state index contributed by atoms with van der Waals surface area (Å²) in [5.74, 6) is 2.34. The van der Waals surface area contributed by atoms with Crippen LogP contribution in [0.5, 0.6) is 17.2 Å². The molecule has 182 valence electrons. The molecule has 1 amide bonds. The zero-order valence-corrected chi connectivity index (χ0v) is 19.7. The third kappa shape index (κ3) is 4.83. The van der Waals surface area contributed by atoms with E-state index < -0.39 is 0 Å². The van der Waals surface area contributed by atoms with Crippen molar-refractivity contribution < 1.29 is 19.0 Å². The van der Waals surface area contributed by atoms with E-state index in [1.807, 2.05) is 32.2 Å². The molecular weight excluding hydrogens is 462 g/mol. The maximum atomic E-state index is 12.0. The van der Waals surface area contributed by atoms with E-state index in [9.17, 15) is 10.1 Å². The van der Waals surface area contributed by atoms with Crippen molar-refractivity contribution in [1.29, 1.82) is 5.26 Å². The summed E-state index contributed by atoms with van der Waals surface area (Å²) in [6.07, 6.45) is 0. The molecule has 36 heavy (non-hydrogen) atoms. The largest absolute Gasteiger partial charge is 0.494 e. The highest BCUT2D eigenvalue weighted by atomic mass is 16.5. The third-order valence-electron chi connectivity index (χ3n) is 5.42. The number of hydrogen-bond acceptors (Lipinski definition) is 10. The smallest absolute Gasteiger partial charge is 0.304 e. The number of rotatable bonds is 6. The van der Waals surface area contributed by atoms with Crippen molar-refractivity contribution in [2.24, 2.45) is 15.0 Å². The number of nitrogens with one attached hydrogen (secondary N) is 2. The molecule has 2 N–H and O–H groups in total. The molecule has 2 aromatic carbocycles. The van der Waals surface area contributed by atoms with Crippen LogP contribution in [0.4, 0.5) is 0 Å². The number of amides is 1. The minimum atomic E-state index is -0.300. The van der Waals surface area contributed by atoms with Crippen LogP contribution in [-0.4, -0.2) is 61.8 Å². The first-order chi connectivity index (χ1) is 17.5. The minimum Gasteiger partial charge on any atom is -0.494 e. The summed E-state index contributed by atoms with van der Waals surface area (Å²) in [6.45, 7) is 3.84. The fraction of sp³-hybridized carbons (Fsp3) is 0.240. The predicted octanol–water partition coefficient (Wildman–Crippen LogP) is 1.76. The second-order valence-corrected chi connectivity index (χ2v) is 8.03. The molecule has 3 aliphatic rings. The summed E-state index contributed by atoms with van der Waals surface area (Å²) in [5, 5.41) is 15.1. The van der Waals surface area contributed by atoms with Gasteiger partial charge in [-0.1, -0.05) is 12.1 Å². The zero-order valence-electron chi connectivity index (χ0n) is 19.7. The molecule has 0 saturated heterocycles. The molecule has 0 unspecified atom stereocenters. The Balaban J connectivity index is 1.46. The van der Waals surface area contributed by atoms with Gasteiger partial charge in [-0.15, -0.1) is 0 Å². The summed E-state index contributed by atoms with van der Waals surface area (Å²) in [5.41, 5.74) is 1.55. The van der Waals surface area contributed by atoms with E-state index in [4.69, 9.17) is 14.2 Å². The maximum Gasteiger partial charge on any atom is 0.304 e. The van der Waals surface area contributed by atoms with E-state index in [1.54, 1.807) is 24.3 Å². The number of likely N-dealkylation sites (N-methyl/N-ethyl adjacent to an activating group) is 1. The van der Waals surface area contributed by atoms with Crippen LogP contribution in [-0.2, 0) is 4.79 Å². The van der Waals surface area contributed by atoms with Crippen LogP contribution in [0, 0.1) is 11.3 Å². The van der Waals surface area contributed by atoms with E-state index in [2.05, 4.69) is 36.6 Å². The molecule has 0 atom stereocenters. The van der Waals surface area contributed by atoms with Crippen molar-refractivity contribution >= 4 is 23.6 Å². The number of nitriles is 1. The van der Waals surface area contributed by atoms with Crippen LogP contribution in [0.1, 0.15) is 18.1 Å². The first kappa shape index (κ1) is 22.9. The number of amidine groups is 3. The van der Waals surface area contributed by atoms with E-state index in [0.29, 0.717) is 35.3 Å². The fourth-order valence-electron chi connectivity index (χ4n) is 3.84. The molecule has 3 aliphatic heterocycles. The molecule has 0 radical (unpaired) electrons. The van der Waals surface area contributed by atoms with Gasteiger partial charge in [0, 0.05) is 25.2 Å². The lowest BCUT2D eigenvalue weighted by Gasteiger charge is -2.25. The number of benzene rings is 2. The van der Waals surface area contributed by atoms with Gasteiger partial charge < -0.3 is 24.4 Å². The molecule has 0 bridgehead atoms. The van der Waals surface area contributed by atoms with Crippen LogP contribution < -0.4 is 24.8 Å². The molecule has 0 fully saturated rings. The van der Waals surface area contributed by atoms with Crippen molar-refractivity contribution in [3.63, 3.8) is 0 Å². The van der Waals surface area contributed by atoms with Gasteiger partial charge in [0.05, 0.1) is 24.8 Å². The van der Waals surface area contributed by atoms with Gasteiger partial charge in [-0.2, -0.15) is 10.3 Å². The summed E-state index contributed by atoms with van der Waals surface area (Å²) in [7, 11) is 2.00. The molecule has 0 saturated carbocycles. The lowest BCUT2D eigenvalue weighted by Crippen LogP contribution is -2.48. The quantitative estimate of drug-likeness (QED) is 0.637. The molecule has 0 aromatic heterocycles. The summed E-state index contributed by atoms with van der Waals surface area (Å²) < 4.78 is 17.6. The van der Waals surface area contributed by atoms with E-state index >= 15 is 0 Å². The van der Waals surface area contributed by atoms with E-state index in [0.717, 1.165) is 24.5 Å². The maximum absolute atomic E-state index is 12.0. The highest BCUT2D eigenvalue weighted by Gasteiger charge is 2.29. The average Bonchev–Trinajstić information content (AvgIpc) is 3.30. The minimum absolute atomic E-state index is 0.0492. The molecule has 2 aromatic rings. The Morgan fingerprint density at radius 1 is 1.08 bits per heavy atom.